The van der Waals surface area contributed by atoms with Gasteiger partial charge in [-0.3, -0.25) is 9.59 Å². The third kappa shape index (κ3) is 59.2. The number of carbonyl (C=O) groups is 3. The molecule has 0 aromatic heterocycles. The van der Waals surface area contributed by atoms with Crippen molar-refractivity contribution in [1.29, 1.82) is 0 Å². The third-order valence-electron chi connectivity index (χ3n) is 12.7. The predicted octanol–water partition coefficient (Wildman–Crippen LogP) is 18.5. The van der Waals surface area contributed by atoms with E-state index in [0.717, 1.165) is 109 Å². The summed E-state index contributed by atoms with van der Waals surface area (Å²) in [6, 6.07) is 0. The lowest BCUT2D eigenvalue weighted by molar-refractivity contribution is -0.870. The first-order valence-electron chi connectivity index (χ1n) is 30.7. The van der Waals surface area contributed by atoms with Gasteiger partial charge in [0.15, 0.2) is 6.10 Å². The zero-order valence-electron chi connectivity index (χ0n) is 49.8. The minimum atomic E-state index is -1.52. The number of allylic oxidation sites excluding steroid dienone is 20. The fourth-order valence-electron chi connectivity index (χ4n) is 8.04. The van der Waals surface area contributed by atoms with Gasteiger partial charge in [-0.25, -0.2) is 4.79 Å². The van der Waals surface area contributed by atoms with E-state index in [1.807, 2.05) is 21.1 Å². The summed E-state index contributed by atoms with van der Waals surface area (Å²) < 4.78 is 22.8. The molecule has 9 nitrogen and oxygen atoms in total. The van der Waals surface area contributed by atoms with E-state index in [1.54, 1.807) is 0 Å². The molecule has 0 fully saturated rings. The molecule has 0 heterocycles. The molecule has 0 saturated heterocycles. The van der Waals surface area contributed by atoms with Gasteiger partial charge in [0, 0.05) is 12.8 Å². The van der Waals surface area contributed by atoms with E-state index >= 15 is 0 Å². The van der Waals surface area contributed by atoms with E-state index < -0.39 is 24.3 Å². The highest BCUT2D eigenvalue weighted by Gasteiger charge is 2.25. The molecule has 0 aliphatic carbocycles. The van der Waals surface area contributed by atoms with Crippen molar-refractivity contribution in [2.24, 2.45) is 0 Å². The zero-order chi connectivity index (χ0) is 56.2. The van der Waals surface area contributed by atoms with Crippen LogP contribution in [0.5, 0.6) is 0 Å². The second-order valence-corrected chi connectivity index (χ2v) is 21.3. The van der Waals surface area contributed by atoms with Gasteiger partial charge in [-0.15, -0.1) is 0 Å². The Bertz CT molecular complexity index is 1670. The van der Waals surface area contributed by atoms with Gasteiger partial charge in [-0.1, -0.05) is 251 Å². The van der Waals surface area contributed by atoms with E-state index in [-0.39, 0.29) is 32.2 Å². The normalized spacial score (nSPS) is 13.6. The van der Waals surface area contributed by atoms with Crippen LogP contribution >= 0.6 is 0 Å². The lowest BCUT2D eigenvalue weighted by Gasteiger charge is -2.25. The molecule has 2 atom stereocenters. The highest BCUT2D eigenvalue weighted by molar-refractivity contribution is 5.71. The van der Waals surface area contributed by atoms with Crippen LogP contribution in [0.1, 0.15) is 232 Å². The summed E-state index contributed by atoms with van der Waals surface area (Å²) in [5, 5.41) is 9.69. The number of carboxylic acid groups (broad SMARTS) is 1. The van der Waals surface area contributed by atoms with Crippen molar-refractivity contribution in [3.05, 3.63) is 122 Å². The summed E-state index contributed by atoms with van der Waals surface area (Å²) in [7, 11) is 5.96. The minimum Gasteiger partial charge on any atom is -0.477 e. The largest absolute Gasteiger partial charge is 0.477 e. The van der Waals surface area contributed by atoms with Gasteiger partial charge in [-0.05, 0) is 89.9 Å². The molecule has 0 amide bonds. The van der Waals surface area contributed by atoms with Crippen molar-refractivity contribution in [3.63, 3.8) is 0 Å². The van der Waals surface area contributed by atoms with Gasteiger partial charge in [0.1, 0.15) is 13.2 Å². The number of unbranched alkanes of at least 4 members (excludes halogenated alkanes) is 20. The molecule has 0 radical (unpaired) electrons. The molecule has 0 aromatic carbocycles. The zero-order valence-corrected chi connectivity index (χ0v) is 49.8. The molecule has 0 aromatic rings. The molecule has 0 aliphatic heterocycles. The van der Waals surface area contributed by atoms with E-state index in [9.17, 15) is 19.5 Å². The van der Waals surface area contributed by atoms with Crippen molar-refractivity contribution in [3.8, 4) is 0 Å². The van der Waals surface area contributed by atoms with Crippen molar-refractivity contribution < 1.29 is 42.9 Å². The number of aliphatic carboxylic acids is 1. The third-order valence-corrected chi connectivity index (χ3v) is 12.7. The quantitative estimate of drug-likeness (QED) is 0.0211. The van der Waals surface area contributed by atoms with Gasteiger partial charge in [0.25, 0.3) is 6.29 Å². The number of ether oxygens (including phenoxy) is 4. The average molecular weight is 1070 g/mol. The minimum absolute atomic E-state index is 0.182. The molecule has 1 N–H and O–H groups in total. The molecule has 9 heteroatoms. The van der Waals surface area contributed by atoms with Crippen LogP contribution in [-0.4, -0.2) is 87.4 Å². The standard InChI is InChI=1S/C68H113NO8/c1-6-8-10-12-14-16-18-20-21-22-23-24-25-26-27-28-29-30-31-32-33-34-35-36-37-38-39-40-41-42-43-44-45-47-49-51-53-55-57-59-66(71)77-64(63-76-68(67(72)73)74-61-60-69(3,4)5)62-75-65(70)58-56-54-52-50-48-46-19-17-15-13-11-9-7-2/h8,10,14,16,20-21,23-24,26-27,29-30,32-33,35-36,38-39,41-42,64,68H,6-7,9,11-13,15,17-19,22,25,28,31,34,37,40,43-63H2,1-5H3/p+1/b10-8-,16-14-,21-20-,24-23-,27-26-,30-29-,33-32-,36-35-,39-38-,42-41-. The van der Waals surface area contributed by atoms with Crippen LogP contribution in [-0.2, 0) is 33.3 Å². The van der Waals surface area contributed by atoms with Crippen LogP contribution in [0.2, 0.25) is 0 Å². The Morgan fingerprint density at radius 2 is 0.740 bits per heavy atom. The Kier molecular flexibility index (Phi) is 54.6. The monoisotopic (exact) mass is 1070 g/mol. The number of hydrogen-bond acceptors (Lipinski definition) is 7. The number of rotatable bonds is 55. The molecule has 0 bridgehead atoms. The van der Waals surface area contributed by atoms with Crippen LogP contribution in [0.3, 0.4) is 0 Å². The van der Waals surface area contributed by atoms with Gasteiger partial charge in [0.05, 0.1) is 34.4 Å². The molecule has 0 rings (SSSR count). The van der Waals surface area contributed by atoms with Crippen LogP contribution < -0.4 is 0 Å². The number of hydrogen-bond donors (Lipinski definition) is 1. The Hall–Kier alpha value is -4.31. The number of nitrogens with zero attached hydrogens (tertiary/aromatic N) is 1. The fraction of sp³-hybridized carbons (Fsp3) is 0.662. The predicted molar refractivity (Wildman–Crippen MR) is 327 cm³/mol. The van der Waals surface area contributed by atoms with E-state index in [4.69, 9.17) is 18.9 Å². The SMILES string of the molecule is CC/C=C\C/C=C\C/C=C\C/C=C\C/C=C\C/C=C\C/C=C\C/C=C\C/C=C\C/C=C\CCCCCCCCCCC(=O)OC(COC(=O)CCCCCCCCCCCCCCC)COC(OCC[N+](C)(C)C)C(=O)O. The summed E-state index contributed by atoms with van der Waals surface area (Å²) >= 11 is 0. The first-order valence-corrected chi connectivity index (χ1v) is 30.7. The van der Waals surface area contributed by atoms with Crippen molar-refractivity contribution in [2.45, 2.75) is 245 Å². The molecule has 438 valence electrons. The average Bonchev–Trinajstić information content (AvgIpc) is 3.40. The Morgan fingerprint density at radius 3 is 1.10 bits per heavy atom. The Morgan fingerprint density at radius 1 is 0.403 bits per heavy atom. The Balaban J connectivity index is 4.16. The van der Waals surface area contributed by atoms with Gasteiger partial charge >= 0.3 is 17.9 Å². The first kappa shape index (κ1) is 72.7. The maximum atomic E-state index is 12.9. The summed E-state index contributed by atoms with van der Waals surface area (Å²) in [5.74, 6) is -2.02. The van der Waals surface area contributed by atoms with Gasteiger partial charge < -0.3 is 28.5 Å². The van der Waals surface area contributed by atoms with Gasteiger partial charge in [0.2, 0.25) is 0 Å². The van der Waals surface area contributed by atoms with Crippen LogP contribution in [0.4, 0.5) is 0 Å². The summed E-state index contributed by atoms with van der Waals surface area (Å²) in [6.45, 7) is 4.74. The van der Waals surface area contributed by atoms with E-state index in [1.165, 1.54) is 89.9 Å². The number of carboxylic acids is 1. The second kappa shape index (κ2) is 57.9. The van der Waals surface area contributed by atoms with Gasteiger partial charge in [-0.2, -0.15) is 0 Å². The molecular weight excluding hydrogens is 959 g/mol. The lowest BCUT2D eigenvalue weighted by Crippen LogP contribution is -2.40. The highest BCUT2D eigenvalue weighted by Crippen LogP contribution is 2.15. The first-order chi connectivity index (χ1) is 37.6. The van der Waals surface area contributed by atoms with E-state index in [2.05, 4.69) is 135 Å². The van der Waals surface area contributed by atoms with Crippen LogP contribution in [0, 0.1) is 0 Å². The fourth-order valence-corrected chi connectivity index (χ4v) is 8.04. The molecule has 2 unspecified atom stereocenters. The maximum absolute atomic E-state index is 12.9. The summed E-state index contributed by atoms with van der Waals surface area (Å²) in [6.07, 6.45) is 78.6. The molecule has 0 aliphatic rings. The summed E-state index contributed by atoms with van der Waals surface area (Å²) in [4.78, 5) is 37.4. The van der Waals surface area contributed by atoms with Crippen LogP contribution in [0.25, 0.3) is 0 Å². The smallest absolute Gasteiger partial charge is 0.361 e. The van der Waals surface area contributed by atoms with Crippen LogP contribution in [0.15, 0.2) is 122 Å². The van der Waals surface area contributed by atoms with Crippen molar-refractivity contribution >= 4 is 17.9 Å². The number of esters is 2. The lowest BCUT2D eigenvalue weighted by atomic mass is 10.0. The highest BCUT2D eigenvalue weighted by atomic mass is 16.7. The van der Waals surface area contributed by atoms with E-state index in [0.29, 0.717) is 23.9 Å². The number of likely N-dealkylation sites (N-methyl/N-ethyl adjacent to an activating group) is 1. The van der Waals surface area contributed by atoms with Crippen molar-refractivity contribution in [1.82, 2.24) is 0 Å². The number of quaternary nitrogens is 1. The topological polar surface area (TPSA) is 108 Å². The number of carbonyl (C=O) groups excluding carboxylic acids is 2. The van der Waals surface area contributed by atoms with Crippen molar-refractivity contribution in [2.75, 3.05) is 47.5 Å². The Labute approximate surface area is 472 Å². The molecular formula is C68H114NO8+. The molecule has 0 saturated carbocycles. The molecule has 77 heavy (non-hydrogen) atoms. The maximum Gasteiger partial charge on any atom is 0.361 e. The summed E-state index contributed by atoms with van der Waals surface area (Å²) in [5.41, 5.74) is 0. The second-order valence-electron chi connectivity index (χ2n) is 21.3. The molecule has 0 spiro atoms.